The summed E-state index contributed by atoms with van der Waals surface area (Å²) in [7, 11) is 3.79. The predicted molar refractivity (Wildman–Crippen MR) is 49.6 cm³/mol. The van der Waals surface area contributed by atoms with Gasteiger partial charge in [-0.05, 0) is 26.4 Å². The molecule has 1 saturated heterocycles. The van der Waals surface area contributed by atoms with Crippen LogP contribution >= 0.6 is 0 Å². The average Bonchev–Trinajstić information content (AvgIpc) is 2.71. The molecular weight excluding hydrogens is 168 g/mol. The number of hydrogen-bond acceptors (Lipinski definition) is 4. The Hall–Kier alpha value is -0.770. The van der Waals surface area contributed by atoms with Crippen LogP contribution in [0.4, 0.5) is 0 Å². The lowest BCUT2D eigenvalue weighted by atomic mass is 10.1. The zero-order valence-corrected chi connectivity index (χ0v) is 8.19. The Labute approximate surface area is 78.5 Å². The van der Waals surface area contributed by atoms with Crippen LogP contribution in [0.25, 0.3) is 0 Å². The van der Waals surface area contributed by atoms with Gasteiger partial charge in [0.2, 0.25) is 5.90 Å². The Morgan fingerprint density at radius 1 is 1.62 bits per heavy atom. The van der Waals surface area contributed by atoms with Crippen molar-refractivity contribution in [1.29, 1.82) is 0 Å². The molecule has 2 atom stereocenters. The number of ether oxygens (including phenoxy) is 1. The summed E-state index contributed by atoms with van der Waals surface area (Å²) >= 11 is 0. The molecule has 13 heavy (non-hydrogen) atoms. The van der Waals surface area contributed by atoms with E-state index in [4.69, 9.17) is 9.57 Å². The first-order valence-electron chi connectivity index (χ1n) is 4.78. The number of hydrogen-bond donors (Lipinski definition) is 0. The molecule has 1 fully saturated rings. The minimum Gasteiger partial charge on any atom is -0.482 e. The fourth-order valence-electron chi connectivity index (χ4n) is 2.11. The van der Waals surface area contributed by atoms with Crippen LogP contribution in [0.5, 0.6) is 0 Å². The second kappa shape index (κ2) is 3.54. The van der Waals surface area contributed by atoms with Crippen molar-refractivity contribution in [1.82, 2.24) is 4.90 Å². The highest BCUT2D eigenvalue weighted by Gasteiger charge is 2.35. The topological polar surface area (TPSA) is 34.1 Å². The normalized spacial score (nSPS) is 34.5. The van der Waals surface area contributed by atoms with Gasteiger partial charge in [0.05, 0.1) is 13.5 Å². The van der Waals surface area contributed by atoms with Gasteiger partial charge in [-0.2, -0.15) is 0 Å². The molecule has 0 aliphatic carbocycles. The van der Waals surface area contributed by atoms with Gasteiger partial charge in [0.25, 0.3) is 0 Å². The SMILES string of the molecule is COC1=NO[C@@H]([C@@H]2CCCN2C)C1. The Bertz CT molecular complexity index is 218. The average molecular weight is 184 g/mol. The van der Waals surface area contributed by atoms with E-state index < -0.39 is 0 Å². The summed E-state index contributed by atoms with van der Waals surface area (Å²) in [5, 5.41) is 3.88. The van der Waals surface area contributed by atoms with Crippen LogP contribution < -0.4 is 0 Å². The molecule has 2 aliphatic rings. The number of likely N-dealkylation sites (N-methyl/N-ethyl adjacent to an activating group) is 1. The molecular formula is C9H16N2O2. The summed E-state index contributed by atoms with van der Waals surface area (Å²) in [4.78, 5) is 7.68. The molecule has 0 aromatic carbocycles. The Kier molecular flexibility index (Phi) is 2.40. The third-order valence-corrected chi connectivity index (χ3v) is 2.91. The minimum atomic E-state index is 0.211. The van der Waals surface area contributed by atoms with E-state index >= 15 is 0 Å². The summed E-state index contributed by atoms with van der Waals surface area (Å²) in [6, 6.07) is 0.524. The number of nitrogens with zero attached hydrogens (tertiary/aromatic N) is 2. The molecule has 0 spiro atoms. The van der Waals surface area contributed by atoms with Crippen molar-refractivity contribution in [2.45, 2.75) is 31.4 Å². The van der Waals surface area contributed by atoms with Crippen molar-refractivity contribution in [2.24, 2.45) is 5.16 Å². The summed E-state index contributed by atoms with van der Waals surface area (Å²) in [5.74, 6) is 0.727. The highest BCUT2D eigenvalue weighted by molar-refractivity contribution is 5.77. The molecule has 0 bridgehead atoms. The van der Waals surface area contributed by atoms with Gasteiger partial charge < -0.3 is 9.57 Å². The van der Waals surface area contributed by atoms with Gasteiger partial charge in [0, 0.05) is 6.04 Å². The highest BCUT2D eigenvalue weighted by Crippen LogP contribution is 2.25. The second-order valence-corrected chi connectivity index (χ2v) is 3.73. The second-order valence-electron chi connectivity index (χ2n) is 3.73. The number of methoxy groups -OCH3 is 1. The smallest absolute Gasteiger partial charge is 0.229 e. The Morgan fingerprint density at radius 2 is 2.46 bits per heavy atom. The maximum atomic E-state index is 5.33. The zero-order valence-electron chi connectivity index (χ0n) is 8.19. The largest absolute Gasteiger partial charge is 0.482 e. The molecule has 0 aromatic rings. The van der Waals surface area contributed by atoms with Gasteiger partial charge in [-0.25, -0.2) is 0 Å². The van der Waals surface area contributed by atoms with Crippen LogP contribution in [0.2, 0.25) is 0 Å². The lowest BCUT2D eigenvalue weighted by Gasteiger charge is -2.23. The first-order chi connectivity index (χ1) is 6.31. The van der Waals surface area contributed by atoms with Crippen molar-refractivity contribution in [3.63, 3.8) is 0 Å². The minimum absolute atomic E-state index is 0.211. The third kappa shape index (κ3) is 1.63. The fraction of sp³-hybridized carbons (Fsp3) is 0.889. The van der Waals surface area contributed by atoms with Gasteiger partial charge in [-0.1, -0.05) is 5.16 Å². The van der Waals surface area contributed by atoms with Crippen LogP contribution in [0.15, 0.2) is 5.16 Å². The van der Waals surface area contributed by atoms with Gasteiger partial charge in [0.1, 0.15) is 0 Å². The Balaban J connectivity index is 1.90. The van der Waals surface area contributed by atoms with Crippen molar-refractivity contribution < 1.29 is 9.57 Å². The predicted octanol–water partition coefficient (Wildman–Crippen LogP) is 0.829. The van der Waals surface area contributed by atoms with E-state index in [-0.39, 0.29) is 6.10 Å². The molecule has 0 aromatic heterocycles. The van der Waals surface area contributed by atoms with Gasteiger partial charge >= 0.3 is 0 Å². The molecule has 0 N–H and O–H groups in total. The number of likely N-dealkylation sites (tertiary alicyclic amines) is 1. The zero-order chi connectivity index (χ0) is 9.26. The summed E-state index contributed by atoms with van der Waals surface area (Å²) in [6.07, 6.45) is 3.52. The van der Waals surface area contributed by atoms with E-state index in [0.717, 1.165) is 12.3 Å². The summed E-state index contributed by atoms with van der Waals surface area (Å²) in [6.45, 7) is 1.17. The first kappa shape index (κ1) is 8.81. The van der Waals surface area contributed by atoms with Crippen molar-refractivity contribution in [3.05, 3.63) is 0 Å². The van der Waals surface area contributed by atoms with Crippen molar-refractivity contribution in [3.8, 4) is 0 Å². The van der Waals surface area contributed by atoms with Gasteiger partial charge in [-0.15, -0.1) is 0 Å². The van der Waals surface area contributed by atoms with E-state index in [0.29, 0.717) is 6.04 Å². The molecule has 74 valence electrons. The van der Waals surface area contributed by atoms with Crippen molar-refractivity contribution in [2.75, 3.05) is 20.7 Å². The highest BCUT2D eigenvalue weighted by atomic mass is 16.7. The van der Waals surface area contributed by atoms with E-state index in [1.807, 2.05) is 0 Å². The van der Waals surface area contributed by atoms with E-state index in [2.05, 4.69) is 17.1 Å². The number of oxime groups is 1. The van der Waals surface area contributed by atoms with Gasteiger partial charge in [0.15, 0.2) is 6.10 Å². The molecule has 0 saturated carbocycles. The van der Waals surface area contributed by atoms with Crippen LogP contribution in [-0.4, -0.2) is 43.6 Å². The molecule has 2 rings (SSSR count). The van der Waals surface area contributed by atoms with Crippen molar-refractivity contribution >= 4 is 5.90 Å². The summed E-state index contributed by atoms with van der Waals surface area (Å²) < 4.78 is 5.04. The molecule has 4 heteroatoms. The maximum Gasteiger partial charge on any atom is 0.229 e. The lowest BCUT2D eigenvalue weighted by molar-refractivity contribution is 0.0299. The molecule has 0 unspecified atom stereocenters. The maximum absolute atomic E-state index is 5.33. The van der Waals surface area contributed by atoms with Crippen LogP contribution in [0.3, 0.4) is 0 Å². The van der Waals surface area contributed by atoms with Crippen LogP contribution in [0.1, 0.15) is 19.3 Å². The van der Waals surface area contributed by atoms with Crippen LogP contribution in [0, 0.1) is 0 Å². The monoisotopic (exact) mass is 184 g/mol. The molecule has 4 nitrogen and oxygen atoms in total. The van der Waals surface area contributed by atoms with E-state index in [1.165, 1.54) is 19.4 Å². The standard InChI is InChI=1S/C9H16N2O2/c1-11-5-3-4-7(11)8-6-9(12-2)10-13-8/h7-8H,3-6H2,1-2H3/t7-,8+/m0/s1. The molecule has 0 amide bonds. The first-order valence-corrected chi connectivity index (χ1v) is 4.78. The summed E-state index contributed by atoms with van der Waals surface area (Å²) in [5.41, 5.74) is 0. The third-order valence-electron chi connectivity index (χ3n) is 2.91. The Morgan fingerprint density at radius 3 is 3.00 bits per heavy atom. The molecule has 2 heterocycles. The van der Waals surface area contributed by atoms with E-state index in [1.54, 1.807) is 7.11 Å². The van der Waals surface area contributed by atoms with E-state index in [9.17, 15) is 0 Å². The van der Waals surface area contributed by atoms with Crippen LogP contribution in [-0.2, 0) is 9.57 Å². The molecule has 2 aliphatic heterocycles. The quantitative estimate of drug-likeness (QED) is 0.605. The van der Waals surface area contributed by atoms with Gasteiger partial charge in [-0.3, -0.25) is 4.90 Å². The molecule has 0 radical (unpaired) electrons. The fourth-order valence-corrected chi connectivity index (χ4v) is 2.11. The number of rotatable bonds is 1. The lowest BCUT2D eigenvalue weighted by Crippen LogP contribution is -2.36.